The molecule has 3 aromatic carbocycles. The lowest BCUT2D eigenvalue weighted by atomic mass is 9.77. The second-order valence-corrected chi connectivity index (χ2v) is 11.0. The molecule has 214 valence electrons. The fraction of sp³-hybridized carbons (Fsp3) is 0.387. The summed E-state index contributed by atoms with van der Waals surface area (Å²) in [6.45, 7) is 4.50. The number of benzene rings is 3. The first kappa shape index (κ1) is 29.7. The topological polar surface area (TPSA) is 42.0 Å². The third-order valence-corrected chi connectivity index (χ3v) is 7.59. The van der Waals surface area contributed by atoms with Crippen LogP contribution in [0.25, 0.3) is 0 Å². The Morgan fingerprint density at radius 2 is 1.77 bits per heavy atom. The van der Waals surface area contributed by atoms with Crippen molar-refractivity contribution in [2.45, 2.75) is 45.6 Å². The van der Waals surface area contributed by atoms with Crippen LogP contribution >= 0.6 is 11.6 Å². The van der Waals surface area contributed by atoms with E-state index in [1.807, 2.05) is 49.4 Å². The summed E-state index contributed by atoms with van der Waals surface area (Å²) in [6.07, 6.45) is -2.84. The van der Waals surface area contributed by atoms with Crippen molar-refractivity contribution < 1.29 is 27.4 Å². The fourth-order valence-corrected chi connectivity index (χ4v) is 5.32. The van der Waals surface area contributed by atoms with Crippen LogP contribution in [0.4, 0.5) is 13.2 Å². The van der Waals surface area contributed by atoms with Crippen LogP contribution in [0.2, 0.25) is 5.02 Å². The number of nitrogens with zero attached hydrogens (tertiary/aromatic N) is 2. The van der Waals surface area contributed by atoms with Crippen LogP contribution in [0.5, 0.6) is 11.5 Å². The molecule has 1 aliphatic heterocycles. The summed E-state index contributed by atoms with van der Waals surface area (Å²) in [5, 5.41) is 0.653. The van der Waals surface area contributed by atoms with Crippen LogP contribution in [0.1, 0.15) is 36.0 Å². The van der Waals surface area contributed by atoms with Crippen molar-refractivity contribution in [3.05, 3.63) is 94.5 Å². The van der Waals surface area contributed by atoms with Gasteiger partial charge >= 0.3 is 6.36 Å². The van der Waals surface area contributed by atoms with E-state index in [1.165, 1.54) is 12.1 Å². The largest absolute Gasteiger partial charge is 0.573 e. The van der Waals surface area contributed by atoms with Gasteiger partial charge in [0.25, 0.3) is 0 Å². The van der Waals surface area contributed by atoms with Crippen molar-refractivity contribution in [1.82, 2.24) is 9.80 Å². The molecular weight excluding hydrogens is 541 g/mol. The predicted octanol–water partition coefficient (Wildman–Crippen LogP) is 7.26. The Morgan fingerprint density at radius 3 is 2.50 bits per heavy atom. The van der Waals surface area contributed by atoms with Crippen molar-refractivity contribution >= 4 is 17.5 Å². The maximum atomic E-state index is 13.5. The van der Waals surface area contributed by atoms with Gasteiger partial charge in [0.05, 0.1) is 6.61 Å². The minimum absolute atomic E-state index is 0.0159. The number of likely N-dealkylation sites (tertiary alicyclic amines) is 1. The zero-order valence-electron chi connectivity index (χ0n) is 22.7. The summed E-state index contributed by atoms with van der Waals surface area (Å²) in [5.41, 5.74) is 2.18. The second-order valence-electron chi connectivity index (χ2n) is 10.6. The molecule has 0 aromatic heterocycles. The molecule has 0 radical (unpaired) electrons. The Balaban J connectivity index is 1.50. The number of aryl methyl sites for hydroxylation is 1. The highest BCUT2D eigenvalue weighted by Crippen LogP contribution is 2.36. The van der Waals surface area contributed by atoms with Gasteiger partial charge in [-0.3, -0.25) is 9.69 Å². The number of alkyl halides is 3. The van der Waals surface area contributed by atoms with Crippen LogP contribution in [0.3, 0.4) is 0 Å². The summed E-state index contributed by atoms with van der Waals surface area (Å²) in [7, 11) is 1.80. The zero-order valence-corrected chi connectivity index (χ0v) is 23.5. The summed E-state index contributed by atoms with van der Waals surface area (Å²) in [4.78, 5) is 17.4. The van der Waals surface area contributed by atoms with Gasteiger partial charge < -0.3 is 14.4 Å². The quantitative estimate of drug-likeness (QED) is 0.256. The molecule has 0 unspecified atom stereocenters. The molecule has 1 aliphatic rings. The second kappa shape index (κ2) is 13.0. The van der Waals surface area contributed by atoms with E-state index in [0.29, 0.717) is 42.6 Å². The maximum Gasteiger partial charge on any atom is 0.573 e. The fourth-order valence-electron chi connectivity index (χ4n) is 5.20. The number of carbonyl (C=O) groups is 1. The van der Waals surface area contributed by atoms with E-state index in [9.17, 15) is 18.0 Å². The molecule has 1 saturated heterocycles. The molecule has 5 nitrogen and oxygen atoms in total. The number of carbonyl (C=O) groups excluding carboxylic acids is 1. The van der Waals surface area contributed by atoms with E-state index in [-0.39, 0.29) is 18.1 Å². The van der Waals surface area contributed by atoms with Gasteiger partial charge in [-0.15, -0.1) is 13.2 Å². The number of hydrogen-bond donors (Lipinski definition) is 0. The minimum Gasteiger partial charge on any atom is -0.493 e. The van der Waals surface area contributed by atoms with Crippen molar-refractivity contribution in [2.24, 2.45) is 5.41 Å². The summed E-state index contributed by atoms with van der Waals surface area (Å²) in [6, 6.07) is 21.4. The zero-order chi connectivity index (χ0) is 28.8. The molecule has 0 saturated carbocycles. The van der Waals surface area contributed by atoms with Crippen LogP contribution in [-0.2, 0) is 17.9 Å². The first-order chi connectivity index (χ1) is 19.0. The lowest BCUT2D eigenvalue weighted by Crippen LogP contribution is -2.48. The van der Waals surface area contributed by atoms with E-state index >= 15 is 0 Å². The lowest BCUT2D eigenvalue weighted by molar-refractivity contribution is -0.274. The Morgan fingerprint density at radius 1 is 1.02 bits per heavy atom. The highest BCUT2D eigenvalue weighted by Gasteiger charge is 2.39. The molecule has 0 N–H and O–H groups in total. The normalized spacial score (nSPS) is 17.9. The lowest BCUT2D eigenvalue weighted by Gasteiger charge is -2.43. The van der Waals surface area contributed by atoms with Gasteiger partial charge in [0.2, 0.25) is 5.91 Å². The number of ether oxygens (including phenoxy) is 2. The Hall–Kier alpha value is -3.23. The molecule has 1 heterocycles. The molecule has 9 heteroatoms. The van der Waals surface area contributed by atoms with Gasteiger partial charge in [-0.2, -0.15) is 0 Å². The Kier molecular flexibility index (Phi) is 9.64. The van der Waals surface area contributed by atoms with Crippen LogP contribution in [0, 0.1) is 12.3 Å². The minimum atomic E-state index is -4.75. The number of piperidine rings is 1. The maximum absolute atomic E-state index is 13.5. The van der Waals surface area contributed by atoms with Crippen LogP contribution < -0.4 is 9.47 Å². The molecular formula is C31H34ClF3N2O3. The molecule has 3 aromatic rings. The SMILES string of the molecule is Cc1cc(OC[C@@]2(CC(=O)N(C)Cc3ccccc3)CCCN(Cc3cccc(OC(F)(F)F)c3)C2)ccc1Cl. The van der Waals surface area contributed by atoms with E-state index in [0.717, 1.165) is 30.5 Å². The summed E-state index contributed by atoms with van der Waals surface area (Å²) < 4.78 is 48.6. The first-order valence-electron chi connectivity index (χ1n) is 13.2. The van der Waals surface area contributed by atoms with E-state index in [1.54, 1.807) is 30.1 Å². The van der Waals surface area contributed by atoms with Crippen molar-refractivity contribution in [1.29, 1.82) is 0 Å². The monoisotopic (exact) mass is 574 g/mol. The smallest absolute Gasteiger partial charge is 0.493 e. The van der Waals surface area contributed by atoms with E-state index in [2.05, 4.69) is 9.64 Å². The molecule has 4 rings (SSSR count). The van der Waals surface area contributed by atoms with Gasteiger partial charge in [-0.1, -0.05) is 54.1 Å². The Labute approximate surface area is 238 Å². The molecule has 1 fully saturated rings. The third kappa shape index (κ3) is 8.63. The molecule has 1 atom stereocenters. The highest BCUT2D eigenvalue weighted by atomic mass is 35.5. The van der Waals surface area contributed by atoms with Crippen molar-refractivity contribution in [3.63, 3.8) is 0 Å². The molecule has 0 aliphatic carbocycles. The average molecular weight is 575 g/mol. The van der Waals surface area contributed by atoms with Gasteiger partial charge in [-0.25, -0.2) is 0 Å². The number of hydrogen-bond acceptors (Lipinski definition) is 4. The molecule has 0 bridgehead atoms. The number of amides is 1. The summed E-state index contributed by atoms with van der Waals surface area (Å²) >= 11 is 6.19. The number of halogens is 4. The van der Waals surface area contributed by atoms with Gasteiger partial charge in [0, 0.05) is 43.5 Å². The number of rotatable bonds is 10. The predicted molar refractivity (Wildman–Crippen MR) is 149 cm³/mol. The highest BCUT2D eigenvalue weighted by molar-refractivity contribution is 6.31. The van der Waals surface area contributed by atoms with Crippen LogP contribution in [-0.4, -0.2) is 48.8 Å². The van der Waals surface area contributed by atoms with Crippen molar-refractivity contribution in [2.75, 3.05) is 26.7 Å². The van der Waals surface area contributed by atoms with Gasteiger partial charge in [-0.05, 0) is 73.3 Å². The third-order valence-electron chi connectivity index (χ3n) is 7.17. The molecule has 0 spiro atoms. The van der Waals surface area contributed by atoms with Gasteiger partial charge in [0.1, 0.15) is 11.5 Å². The first-order valence-corrected chi connectivity index (χ1v) is 13.6. The summed E-state index contributed by atoms with van der Waals surface area (Å²) in [5.74, 6) is 0.454. The molecule has 40 heavy (non-hydrogen) atoms. The van der Waals surface area contributed by atoms with E-state index in [4.69, 9.17) is 16.3 Å². The van der Waals surface area contributed by atoms with Crippen LogP contribution in [0.15, 0.2) is 72.8 Å². The average Bonchev–Trinajstić information content (AvgIpc) is 2.89. The molecule has 1 amide bonds. The van der Waals surface area contributed by atoms with E-state index < -0.39 is 11.8 Å². The van der Waals surface area contributed by atoms with Gasteiger partial charge in [0.15, 0.2) is 0 Å². The standard InChI is InChI=1S/C31H34ClF3N2O3/c1-23-16-26(12-13-28(23)32)39-22-30(18-29(38)36(2)19-24-8-4-3-5-9-24)14-7-15-37(21-30)20-25-10-6-11-27(17-25)40-31(33,34)35/h3-6,8-13,16-17H,7,14-15,18-22H2,1-2H3/t30-/m1/s1. The Bertz CT molecular complexity index is 1290. The van der Waals surface area contributed by atoms with Crippen molar-refractivity contribution in [3.8, 4) is 11.5 Å².